The van der Waals surface area contributed by atoms with E-state index in [1.807, 2.05) is 6.08 Å². The van der Waals surface area contributed by atoms with Crippen molar-refractivity contribution < 1.29 is 9.59 Å². The lowest BCUT2D eigenvalue weighted by atomic mass is 9.45. The molecule has 3 fully saturated rings. The van der Waals surface area contributed by atoms with Gasteiger partial charge in [0.2, 0.25) is 0 Å². The lowest BCUT2D eigenvalue weighted by molar-refractivity contribution is -0.118. The SMILES string of the molecule is C[C@H]1CC2=CC(=O)CC[C@]2(C)[C@H]2CC[C@]3(C)CC(=O)C[C@H]3[C@H]12. The number of allylic oxidation sites excluding steroid dienone is 1. The van der Waals surface area contributed by atoms with Crippen LogP contribution in [0.2, 0.25) is 0 Å². The summed E-state index contributed by atoms with van der Waals surface area (Å²) in [5, 5.41) is 0. The number of ketones is 2. The van der Waals surface area contributed by atoms with E-state index in [0.29, 0.717) is 35.2 Å². The highest BCUT2D eigenvalue weighted by Crippen LogP contribution is 2.65. The number of Topliss-reactive ketones (excluding diaryl/α,β-unsaturated/α-hetero) is 1. The second-order valence-electron chi connectivity index (χ2n) is 9.14. The molecule has 0 aliphatic heterocycles. The van der Waals surface area contributed by atoms with E-state index < -0.39 is 0 Å². The molecule has 6 atom stereocenters. The summed E-state index contributed by atoms with van der Waals surface area (Å²) >= 11 is 0. The Kier molecular flexibility index (Phi) is 3.03. The summed E-state index contributed by atoms with van der Waals surface area (Å²) in [6.07, 6.45) is 8.88. The van der Waals surface area contributed by atoms with E-state index in [4.69, 9.17) is 0 Å². The molecule has 120 valence electrons. The van der Waals surface area contributed by atoms with Crippen molar-refractivity contribution in [2.45, 2.75) is 65.7 Å². The predicted molar refractivity (Wildman–Crippen MR) is 86.3 cm³/mol. The van der Waals surface area contributed by atoms with E-state index in [-0.39, 0.29) is 10.8 Å². The van der Waals surface area contributed by atoms with Gasteiger partial charge in [-0.2, -0.15) is 0 Å². The van der Waals surface area contributed by atoms with Crippen molar-refractivity contribution in [2.24, 2.45) is 34.5 Å². The highest BCUT2D eigenvalue weighted by atomic mass is 16.1. The molecule has 4 aliphatic rings. The zero-order valence-corrected chi connectivity index (χ0v) is 14.2. The minimum Gasteiger partial charge on any atom is -0.300 e. The number of hydrogen-bond acceptors (Lipinski definition) is 2. The Morgan fingerprint density at radius 3 is 2.64 bits per heavy atom. The third-order valence-electron chi connectivity index (χ3n) is 7.88. The van der Waals surface area contributed by atoms with Gasteiger partial charge in [-0.15, -0.1) is 0 Å². The van der Waals surface area contributed by atoms with Crippen LogP contribution in [0.25, 0.3) is 0 Å². The fraction of sp³-hybridized carbons (Fsp3) is 0.800. The molecule has 0 aromatic carbocycles. The Morgan fingerprint density at radius 1 is 1.09 bits per heavy atom. The molecule has 0 spiro atoms. The molecular weight excluding hydrogens is 272 g/mol. The highest BCUT2D eigenvalue weighted by Gasteiger charge is 2.59. The monoisotopic (exact) mass is 300 g/mol. The predicted octanol–water partition coefficient (Wildman–Crippen LogP) is 4.33. The first-order valence-corrected chi connectivity index (χ1v) is 9.09. The molecule has 0 bridgehead atoms. The van der Waals surface area contributed by atoms with Gasteiger partial charge in [-0.1, -0.05) is 26.3 Å². The van der Waals surface area contributed by atoms with E-state index in [1.165, 1.54) is 18.4 Å². The van der Waals surface area contributed by atoms with Crippen molar-refractivity contribution in [1.82, 2.24) is 0 Å². The molecular formula is C20H28O2. The van der Waals surface area contributed by atoms with Crippen molar-refractivity contribution >= 4 is 11.6 Å². The first-order chi connectivity index (χ1) is 10.3. The minimum atomic E-state index is 0.220. The smallest absolute Gasteiger partial charge is 0.155 e. The van der Waals surface area contributed by atoms with E-state index >= 15 is 0 Å². The number of fused-ring (bicyclic) bond motifs is 5. The van der Waals surface area contributed by atoms with Crippen molar-refractivity contribution in [2.75, 3.05) is 0 Å². The van der Waals surface area contributed by atoms with E-state index in [9.17, 15) is 9.59 Å². The molecule has 0 aromatic heterocycles. The van der Waals surface area contributed by atoms with Crippen LogP contribution in [0, 0.1) is 34.5 Å². The summed E-state index contributed by atoms with van der Waals surface area (Å²) in [4.78, 5) is 24.0. The van der Waals surface area contributed by atoms with Gasteiger partial charge in [0.15, 0.2) is 5.78 Å². The van der Waals surface area contributed by atoms with Crippen LogP contribution >= 0.6 is 0 Å². The maximum Gasteiger partial charge on any atom is 0.155 e. The molecule has 22 heavy (non-hydrogen) atoms. The largest absolute Gasteiger partial charge is 0.300 e. The zero-order chi connectivity index (χ0) is 15.7. The average molecular weight is 300 g/mol. The first kappa shape index (κ1) is 14.7. The summed E-state index contributed by atoms with van der Waals surface area (Å²) < 4.78 is 0. The van der Waals surface area contributed by atoms with Crippen LogP contribution in [-0.4, -0.2) is 11.6 Å². The molecule has 3 saturated carbocycles. The number of carbonyl (C=O) groups is 2. The van der Waals surface area contributed by atoms with Crippen molar-refractivity contribution in [3.63, 3.8) is 0 Å². The molecule has 0 heterocycles. The van der Waals surface area contributed by atoms with Crippen LogP contribution in [0.1, 0.15) is 65.7 Å². The van der Waals surface area contributed by atoms with Gasteiger partial charge in [0.25, 0.3) is 0 Å². The summed E-state index contributed by atoms with van der Waals surface area (Å²) in [6, 6.07) is 0. The molecule has 0 N–H and O–H groups in total. The Bertz CT molecular complexity index is 574. The van der Waals surface area contributed by atoms with Crippen LogP contribution in [0.4, 0.5) is 0 Å². The van der Waals surface area contributed by atoms with Crippen LogP contribution in [0.15, 0.2) is 11.6 Å². The van der Waals surface area contributed by atoms with Gasteiger partial charge < -0.3 is 0 Å². The van der Waals surface area contributed by atoms with Crippen molar-refractivity contribution in [3.05, 3.63) is 11.6 Å². The summed E-state index contributed by atoms with van der Waals surface area (Å²) in [7, 11) is 0. The highest BCUT2D eigenvalue weighted by molar-refractivity contribution is 5.91. The molecule has 0 unspecified atom stereocenters. The molecule has 2 nitrogen and oxygen atoms in total. The third kappa shape index (κ3) is 1.85. The number of hydrogen-bond donors (Lipinski definition) is 0. The molecule has 0 radical (unpaired) electrons. The summed E-state index contributed by atoms with van der Waals surface area (Å²) in [5.41, 5.74) is 1.90. The number of rotatable bonds is 0. The molecule has 0 saturated heterocycles. The molecule has 0 amide bonds. The second kappa shape index (κ2) is 4.55. The topological polar surface area (TPSA) is 34.1 Å². The van der Waals surface area contributed by atoms with Gasteiger partial charge in [-0.25, -0.2) is 0 Å². The lowest BCUT2D eigenvalue weighted by Gasteiger charge is -2.59. The Morgan fingerprint density at radius 2 is 1.86 bits per heavy atom. The minimum absolute atomic E-state index is 0.220. The first-order valence-electron chi connectivity index (χ1n) is 9.09. The molecule has 4 aliphatic carbocycles. The lowest BCUT2D eigenvalue weighted by Crippen LogP contribution is -2.52. The van der Waals surface area contributed by atoms with E-state index in [2.05, 4.69) is 20.8 Å². The van der Waals surface area contributed by atoms with Gasteiger partial charge in [-0.05, 0) is 66.3 Å². The standard InChI is InChI=1S/C20H28O2/c1-12-8-13-9-14(21)4-7-20(13,3)16-5-6-19(2)11-15(22)10-17(19)18(12)16/h9,12,16-18H,4-8,10-11H2,1-3H3/t12-,16-,17-,18+,19+,20-/m0/s1. The van der Waals surface area contributed by atoms with Crippen molar-refractivity contribution in [1.29, 1.82) is 0 Å². The molecule has 0 aromatic rings. The van der Waals surface area contributed by atoms with Gasteiger partial charge in [0, 0.05) is 19.3 Å². The summed E-state index contributed by atoms with van der Waals surface area (Å²) in [5.74, 6) is 3.39. The third-order valence-corrected chi connectivity index (χ3v) is 7.88. The zero-order valence-electron chi connectivity index (χ0n) is 14.2. The average Bonchev–Trinajstić information content (AvgIpc) is 2.75. The second-order valence-corrected chi connectivity index (χ2v) is 9.14. The van der Waals surface area contributed by atoms with Crippen LogP contribution in [0.5, 0.6) is 0 Å². The Labute approximate surface area is 133 Å². The summed E-state index contributed by atoms with van der Waals surface area (Å²) in [6.45, 7) is 7.14. The fourth-order valence-electron chi connectivity index (χ4n) is 6.69. The van der Waals surface area contributed by atoms with Gasteiger partial charge >= 0.3 is 0 Å². The molecule has 4 rings (SSSR count). The van der Waals surface area contributed by atoms with Crippen molar-refractivity contribution in [3.8, 4) is 0 Å². The van der Waals surface area contributed by atoms with E-state index in [0.717, 1.165) is 32.1 Å². The van der Waals surface area contributed by atoms with Crippen LogP contribution in [0.3, 0.4) is 0 Å². The van der Waals surface area contributed by atoms with Gasteiger partial charge in [0.05, 0.1) is 0 Å². The van der Waals surface area contributed by atoms with Gasteiger partial charge in [-0.3, -0.25) is 9.59 Å². The van der Waals surface area contributed by atoms with E-state index in [1.54, 1.807) is 0 Å². The maximum atomic E-state index is 12.1. The van der Waals surface area contributed by atoms with Gasteiger partial charge in [0.1, 0.15) is 5.78 Å². The molecule has 2 heteroatoms. The quantitative estimate of drug-likeness (QED) is 0.667. The Hall–Kier alpha value is -0.920. The van der Waals surface area contributed by atoms with Crippen LogP contribution in [-0.2, 0) is 9.59 Å². The van der Waals surface area contributed by atoms with Crippen LogP contribution < -0.4 is 0 Å². The maximum absolute atomic E-state index is 12.1. The normalized spacial score (nSPS) is 51.0. The Balaban J connectivity index is 1.75. The number of carbonyl (C=O) groups excluding carboxylic acids is 2. The fourth-order valence-corrected chi connectivity index (χ4v) is 6.69.